The van der Waals surface area contributed by atoms with Crippen LogP contribution in [0.15, 0.2) is 23.3 Å². The molecule has 0 atom stereocenters. The van der Waals surface area contributed by atoms with Crippen LogP contribution in [0.2, 0.25) is 0 Å². The van der Waals surface area contributed by atoms with Crippen molar-refractivity contribution in [1.82, 2.24) is 4.57 Å². The Labute approximate surface area is 90.0 Å². The first-order valence-corrected chi connectivity index (χ1v) is 5.35. The van der Waals surface area contributed by atoms with Crippen molar-refractivity contribution in [3.63, 3.8) is 0 Å². The Kier molecular flexibility index (Phi) is 2.59. The molecule has 15 heavy (non-hydrogen) atoms. The zero-order chi connectivity index (χ0) is 10.8. The van der Waals surface area contributed by atoms with Crippen molar-refractivity contribution in [3.8, 4) is 0 Å². The summed E-state index contributed by atoms with van der Waals surface area (Å²) in [5.41, 5.74) is 0.267. The van der Waals surface area contributed by atoms with E-state index in [1.54, 1.807) is 22.5 Å². The highest BCUT2D eigenvalue weighted by molar-refractivity contribution is 8.14. The number of carbonyl (C=O) groups is 1. The van der Waals surface area contributed by atoms with Gasteiger partial charge in [0.2, 0.25) is 0 Å². The number of hydrogen-bond acceptors (Lipinski definition) is 4. The van der Waals surface area contributed by atoms with Crippen LogP contribution in [0.4, 0.5) is 0 Å². The fourth-order valence-electron chi connectivity index (χ4n) is 1.27. The van der Waals surface area contributed by atoms with Crippen LogP contribution in [-0.2, 0) is 0 Å². The molecule has 0 aromatic carbocycles. The van der Waals surface area contributed by atoms with E-state index in [-0.39, 0.29) is 11.1 Å². The highest BCUT2D eigenvalue weighted by Crippen LogP contribution is 2.12. The molecule has 1 aliphatic heterocycles. The second kappa shape index (κ2) is 3.90. The lowest BCUT2D eigenvalue weighted by molar-refractivity contribution is 0.0696. The molecule has 0 saturated carbocycles. The van der Waals surface area contributed by atoms with E-state index < -0.39 is 5.97 Å². The number of hydrogen-bond donors (Lipinski definition) is 2. The van der Waals surface area contributed by atoms with Crippen LogP contribution >= 0.6 is 11.8 Å². The number of carboxylic acids is 1. The lowest BCUT2D eigenvalue weighted by Gasteiger charge is -2.05. The van der Waals surface area contributed by atoms with Gasteiger partial charge in [-0.1, -0.05) is 11.8 Å². The second-order valence-electron chi connectivity index (χ2n) is 2.99. The van der Waals surface area contributed by atoms with Crippen LogP contribution in [0.3, 0.4) is 0 Å². The van der Waals surface area contributed by atoms with Crippen molar-refractivity contribution in [2.45, 2.75) is 0 Å². The quantitative estimate of drug-likeness (QED) is 0.732. The molecule has 6 heteroatoms. The topological polar surface area (TPSA) is 78.4 Å². The van der Waals surface area contributed by atoms with Gasteiger partial charge in [-0.05, 0) is 12.1 Å². The molecule has 1 aromatic heterocycles. The average Bonchev–Trinajstić information content (AvgIpc) is 2.70. The molecule has 0 unspecified atom stereocenters. The standard InChI is InChI=1S/C9H9N3O2S/c10-7-5-6(8(13)14)1-3-12(7)9-11-2-4-15-9/h1,3,5,10H,2,4H2,(H,13,14). The summed E-state index contributed by atoms with van der Waals surface area (Å²) in [5.74, 6) is -0.0979. The van der Waals surface area contributed by atoms with Gasteiger partial charge in [0.15, 0.2) is 5.17 Å². The molecular weight excluding hydrogens is 214 g/mol. The number of pyridine rings is 1. The minimum atomic E-state index is -1.02. The highest BCUT2D eigenvalue weighted by atomic mass is 32.2. The molecule has 5 nitrogen and oxygen atoms in total. The SMILES string of the molecule is N=c1cc(C(=O)O)ccn1C1=NCCS1. The van der Waals surface area contributed by atoms with Crippen LogP contribution < -0.4 is 5.49 Å². The fraction of sp³-hybridized carbons (Fsp3) is 0.222. The summed E-state index contributed by atoms with van der Waals surface area (Å²) in [6.45, 7) is 0.757. The third-order valence-corrected chi connectivity index (χ3v) is 2.95. The van der Waals surface area contributed by atoms with E-state index in [0.717, 1.165) is 17.5 Å². The number of rotatable bonds is 1. The van der Waals surface area contributed by atoms with Gasteiger partial charge < -0.3 is 5.11 Å². The number of aromatic carboxylic acids is 1. The maximum Gasteiger partial charge on any atom is 0.335 e. The van der Waals surface area contributed by atoms with E-state index in [4.69, 9.17) is 10.5 Å². The van der Waals surface area contributed by atoms with Crippen molar-refractivity contribution in [3.05, 3.63) is 29.4 Å². The van der Waals surface area contributed by atoms with E-state index >= 15 is 0 Å². The van der Waals surface area contributed by atoms with E-state index in [0.29, 0.717) is 0 Å². The van der Waals surface area contributed by atoms with E-state index in [2.05, 4.69) is 4.99 Å². The maximum atomic E-state index is 10.7. The number of nitrogens with zero attached hydrogens (tertiary/aromatic N) is 2. The summed E-state index contributed by atoms with van der Waals surface area (Å²) in [6, 6.07) is 2.80. The summed E-state index contributed by atoms with van der Waals surface area (Å²) in [5, 5.41) is 17.2. The smallest absolute Gasteiger partial charge is 0.335 e. The van der Waals surface area contributed by atoms with Gasteiger partial charge in [0.1, 0.15) is 5.49 Å². The fourth-order valence-corrected chi connectivity index (χ4v) is 2.12. The van der Waals surface area contributed by atoms with Gasteiger partial charge >= 0.3 is 5.97 Å². The predicted molar refractivity (Wildman–Crippen MR) is 57.4 cm³/mol. The van der Waals surface area contributed by atoms with Crippen molar-refractivity contribution < 1.29 is 9.90 Å². The maximum absolute atomic E-state index is 10.7. The minimum absolute atomic E-state index is 0.125. The first-order valence-electron chi connectivity index (χ1n) is 4.37. The number of nitrogens with one attached hydrogen (secondary N) is 1. The minimum Gasteiger partial charge on any atom is -0.478 e. The molecule has 1 aromatic rings. The second-order valence-corrected chi connectivity index (χ2v) is 4.05. The molecule has 0 bridgehead atoms. The molecule has 2 rings (SSSR count). The van der Waals surface area contributed by atoms with Gasteiger partial charge in [-0.2, -0.15) is 0 Å². The van der Waals surface area contributed by atoms with Crippen molar-refractivity contribution in [2.24, 2.45) is 4.99 Å². The van der Waals surface area contributed by atoms with Gasteiger partial charge in [-0.3, -0.25) is 15.0 Å². The zero-order valence-electron chi connectivity index (χ0n) is 7.80. The van der Waals surface area contributed by atoms with E-state index in [1.165, 1.54) is 12.1 Å². The van der Waals surface area contributed by atoms with E-state index in [1.807, 2.05) is 0 Å². The van der Waals surface area contributed by atoms with Crippen LogP contribution in [0.5, 0.6) is 0 Å². The van der Waals surface area contributed by atoms with Crippen LogP contribution in [0.25, 0.3) is 0 Å². The molecular formula is C9H9N3O2S. The Bertz CT molecular complexity index is 492. The number of thioether (sulfide) groups is 1. The summed E-state index contributed by atoms with van der Waals surface area (Å²) in [6.07, 6.45) is 1.57. The molecule has 0 radical (unpaired) electrons. The number of aromatic nitrogens is 1. The number of aliphatic imine (C=N–C) groups is 1. The predicted octanol–water partition coefficient (Wildman–Crippen LogP) is 0.617. The third-order valence-electron chi connectivity index (χ3n) is 1.98. The van der Waals surface area contributed by atoms with Crippen LogP contribution in [0, 0.1) is 5.41 Å². The van der Waals surface area contributed by atoms with Crippen molar-refractivity contribution in [2.75, 3.05) is 12.3 Å². The Balaban J connectivity index is 2.43. The van der Waals surface area contributed by atoms with Crippen LogP contribution in [0.1, 0.15) is 10.4 Å². The summed E-state index contributed by atoms with van der Waals surface area (Å²) in [7, 11) is 0. The van der Waals surface area contributed by atoms with Gasteiger partial charge in [-0.25, -0.2) is 4.79 Å². The summed E-state index contributed by atoms with van der Waals surface area (Å²) in [4.78, 5) is 14.9. The van der Waals surface area contributed by atoms with Gasteiger partial charge in [0, 0.05) is 11.9 Å². The zero-order valence-corrected chi connectivity index (χ0v) is 8.62. The van der Waals surface area contributed by atoms with Gasteiger partial charge in [0.05, 0.1) is 12.1 Å². The van der Waals surface area contributed by atoms with Crippen molar-refractivity contribution >= 4 is 22.9 Å². The Morgan fingerprint density at radius 2 is 2.47 bits per heavy atom. The molecule has 0 aliphatic carbocycles. The normalized spacial score (nSPS) is 15.1. The lowest BCUT2D eigenvalue weighted by Crippen LogP contribution is -2.24. The van der Waals surface area contributed by atoms with Crippen molar-refractivity contribution in [1.29, 1.82) is 5.41 Å². The monoisotopic (exact) mass is 223 g/mol. The molecule has 2 N–H and O–H groups in total. The first kappa shape index (κ1) is 9.97. The van der Waals surface area contributed by atoms with Crippen LogP contribution in [-0.4, -0.2) is 33.1 Å². The molecule has 0 saturated heterocycles. The molecule has 0 amide bonds. The van der Waals surface area contributed by atoms with Gasteiger partial charge in [-0.15, -0.1) is 0 Å². The largest absolute Gasteiger partial charge is 0.478 e. The van der Waals surface area contributed by atoms with E-state index in [9.17, 15) is 4.79 Å². The molecule has 2 heterocycles. The first-order chi connectivity index (χ1) is 7.18. The Morgan fingerprint density at radius 1 is 1.67 bits per heavy atom. The molecule has 0 spiro atoms. The number of carboxylic acid groups (broad SMARTS) is 1. The van der Waals surface area contributed by atoms with Gasteiger partial charge in [0.25, 0.3) is 0 Å². The summed E-state index contributed by atoms with van der Waals surface area (Å²) >= 11 is 1.57. The Hall–Kier alpha value is -1.56. The molecule has 0 fully saturated rings. The molecule has 1 aliphatic rings. The third kappa shape index (κ3) is 1.94. The molecule has 78 valence electrons. The summed E-state index contributed by atoms with van der Waals surface area (Å²) < 4.78 is 1.59. The highest BCUT2D eigenvalue weighted by Gasteiger charge is 2.10. The Morgan fingerprint density at radius 3 is 3.00 bits per heavy atom. The average molecular weight is 223 g/mol. The lowest BCUT2D eigenvalue weighted by atomic mass is 10.3.